The van der Waals surface area contributed by atoms with Crippen LogP contribution in [-0.2, 0) is 0 Å². The second kappa shape index (κ2) is 6.65. The minimum absolute atomic E-state index is 0.0160. The van der Waals surface area contributed by atoms with Crippen LogP contribution in [-0.4, -0.2) is 15.6 Å². The van der Waals surface area contributed by atoms with Crippen molar-refractivity contribution in [2.45, 2.75) is 13.8 Å². The number of aromatic nitrogens is 2. The number of para-hydroxylation sites is 1. The second-order valence-corrected chi connectivity index (χ2v) is 5.85. The summed E-state index contributed by atoms with van der Waals surface area (Å²) >= 11 is 0. The van der Waals surface area contributed by atoms with E-state index in [4.69, 9.17) is 0 Å². The van der Waals surface area contributed by atoms with Crippen LogP contribution in [0.5, 0.6) is 0 Å². The fourth-order valence-corrected chi connectivity index (χ4v) is 2.58. The average Bonchev–Trinajstić information content (AvgIpc) is 2.88. The Bertz CT molecular complexity index is 1090. The number of rotatable bonds is 4. The monoisotopic (exact) mass is 333 g/mol. The van der Waals surface area contributed by atoms with Crippen LogP contribution in [0.3, 0.4) is 0 Å². The Balaban J connectivity index is 1.97. The number of anilines is 1. The Morgan fingerprint density at radius 2 is 1.84 bits per heavy atom. The third-order valence-electron chi connectivity index (χ3n) is 4.04. The largest absolute Gasteiger partial charge is 0.361 e. The number of nitrogens with one attached hydrogen (secondary N) is 2. The zero-order valence-corrected chi connectivity index (χ0v) is 14.2. The first-order chi connectivity index (χ1) is 12.0. The van der Waals surface area contributed by atoms with Gasteiger partial charge in [-0.25, -0.2) is 4.68 Å². The number of hydrogen-bond acceptors (Lipinski definition) is 3. The van der Waals surface area contributed by atoms with Crippen LogP contribution in [0.25, 0.3) is 18.5 Å². The van der Waals surface area contributed by atoms with Gasteiger partial charge < -0.3 is 5.32 Å². The van der Waals surface area contributed by atoms with Gasteiger partial charge in [0.1, 0.15) is 0 Å². The number of ketones is 1. The molecule has 3 aromatic rings. The topological polar surface area (TPSA) is 66.9 Å². The highest BCUT2D eigenvalue weighted by Crippen LogP contribution is 2.10. The summed E-state index contributed by atoms with van der Waals surface area (Å²) in [6, 6.07) is 14.7. The molecule has 0 fully saturated rings. The van der Waals surface area contributed by atoms with E-state index >= 15 is 0 Å². The van der Waals surface area contributed by atoms with Crippen molar-refractivity contribution in [2.24, 2.45) is 0 Å². The molecule has 5 nitrogen and oxygen atoms in total. The van der Waals surface area contributed by atoms with Crippen molar-refractivity contribution >= 4 is 24.2 Å². The number of carbonyl (C=O) groups excluding carboxylic acids is 1. The van der Waals surface area contributed by atoms with Gasteiger partial charge in [0.25, 0.3) is 5.56 Å². The molecule has 0 saturated carbocycles. The number of aryl methyl sites for hydroxylation is 1. The maximum atomic E-state index is 12.7. The minimum Gasteiger partial charge on any atom is -0.361 e. The number of aromatic amines is 1. The molecule has 2 aromatic carbocycles. The van der Waals surface area contributed by atoms with Gasteiger partial charge in [-0.15, -0.1) is 0 Å². The molecule has 0 unspecified atom stereocenters. The summed E-state index contributed by atoms with van der Waals surface area (Å²) in [5.74, 6) is 0.0160. The average molecular weight is 333 g/mol. The second-order valence-electron chi connectivity index (χ2n) is 5.85. The lowest BCUT2D eigenvalue weighted by molar-refractivity contribution is 0.101. The van der Waals surface area contributed by atoms with Gasteiger partial charge in [0.15, 0.2) is 5.78 Å². The third-order valence-corrected chi connectivity index (χ3v) is 4.04. The maximum absolute atomic E-state index is 12.7. The number of carbonyl (C=O) groups is 1. The molecule has 0 saturated heterocycles. The van der Waals surface area contributed by atoms with Crippen LogP contribution in [0.2, 0.25) is 0 Å². The fraction of sp³-hybridized carbons (Fsp3) is 0.100. The van der Waals surface area contributed by atoms with E-state index in [-0.39, 0.29) is 11.3 Å². The van der Waals surface area contributed by atoms with Gasteiger partial charge in [0.2, 0.25) is 0 Å². The molecular formula is C20H19N3O2. The van der Waals surface area contributed by atoms with E-state index in [9.17, 15) is 9.59 Å². The Morgan fingerprint density at radius 1 is 1.16 bits per heavy atom. The number of Topliss-reactive ketones (excluding diaryl/α,β-unsaturated/α-hetero) is 1. The molecule has 0 radical (unpaired) electrons. The first kappa shape index (κ1) is 16.5. The number of benzene rings is 2. The van der Waals surface area contributed by atoms with E-state index < -0.39 is 0 Å². The lowest BCUT2D eigenvalue weighted by Gasteiger charge is -2.04. The Hall–Kier alpha value is -3.34. The lowest BCUT2D eigenvalue weighted by Crippen LogP contribution is -2.34. The van der Waals surface area contributed by atoms with Crippen molar-refractivity contribution in [1.82, 2.24) is 9.78 Å². The van der Waals surface area contributed by atoms with Crippen LogP contribution >= 0.6 is 0 Å². The molecule has 25 heavy (non-hydrogen) atoms. The fourth-order valence-electron chi connectivity index (χ4n) is 2.58. The van der Waals surface area contributed by atoms with Crippen molar-refractivity contribution in [3.63, 3.8) is 0 Å². The van der Waals surface area contributed by atoms with Crippen molar-refractivity contribution in [3.05, 3.63) is 80.6 Å². The molecular weight excluding hydrogens is 314 g/mol. The van der Waals surface area contributed by atoms with E-state index in [1.807, 2.05) is 31.2 Å². The van der Waals surface area contributed by atoms with E-state index in [0.717, 1.165) is 16.9 Å². The lowest BCUT2D eigenvalue weighted by atomic mass is 10.1. The van der Waals surface area contributed by atoms with Crippen molar-refractivity contribution in [3.8, 4) is 5.69 Å². The highest BCUT2D eigenvalue weighted by molar-refractivity contribution is 5.94. The van der Waals surface area contributed by atoms with Gasteiger partial charge in [0.05, 0.1) is 16.3 Å². The molecule has 2 N–H and O–H groups in total. The van der Waals surface area contributed by atoms with E-state index in [1.165, 1.54) is 11.6 Å². The van der Waals surface area contributed by atoms with Gasteiger partial charge in [-0.05, 0) is 49.7 Å². The summed E-state index contributed by atoms with van der Waals surface area (Å²) in [5.41, 5.74) is 3.04. The summed E-state index contributed by atoms with van der Waals surface area (Å²) in [4.78, 5) is 24.0. The number of nitrogens with zero attached hydrogens (tertiary/aromatic N) is 1. The molecule has 0 amide bonds. The zero-order chi connectivity index (χ0) is 18.0. The van der Waals surface area contributed by atoms with Gasteiger partial charge in [-0.2, -0.15) is 0 Å². The smallest absolute Gasteiger partial charge is 0.280 e. The van der Waals surface area contributed by atoms with Crippen LogP contribution in [0.1, 0.15) is 22.8 Å². The normalized spacial score (nSPS) is 11.5. The SMILES string of the molecule is C=c1[nH]n(-c2ccccc2C)c(=O)c1=CNc1ccc(C(C)=O)cc1. The molecule has 0 atom stereocenters. The van der Waals surface area contributed by atoms with Gasteiger partial charge in [-0.1, -0.05) is 24.8 Å². The Morgan fingerprint density at radius 3 is 2.48 bits per heavy atom. The predicted molar refractivity (Wildman–Crippen MR) is 100 cm³/mol. The van der Waals surface area contributed by atoms with Gasteiger partial charge in [-0.3, -0.25) is 14.7 Å². The van der Waals surface area contributed by atoms with Crippen molar-refractivity contribution in [1.29, 1.82) is 0 Å². The van der Waals surface area contributed by atoms with Gasteiger partial charge >= 0.3 is 0 Å². The Labute approximate surface area is 144 Å². The first-order valence-corrected chi connectivity index (χ1v) is 7.91. The summed E-state index contributed by atoms with van der Waals surface area (Å²) in [7, 11) is 0. The summed E-state index contributed by atoms with van der Waals surface area (Å²) in [6.07, 6.45) is 1.62. The molecule has 5 heteroatoms. The zero-order valence-electron chi connectivity index (χ0n) is 14.2. The molecule has 1 heterocycles. The molecule has 1 aromatic heterocycles. The molecule has 0 aliphatic heterocycles. The molecule has 0 bridgehead atoms. The number of hydrogen-bond donors (Lipinski definition) is 2. The van der Waals surface area contributed by atoms with E-state index in [1.54, 1.807) is 30.5 Å². The summed E-state index contributed by atoms with van der Waals surface area (Å²) in [5, 5.41) is 7.07. The van der Waals surface area contributed by atoms with Crippen LogP contribution in [0.15, 0.2) is 53.3 Å². The van der Waals surface area contributed by atoms with Gasteiger partial charge in [0, 0.05) is 17.5 Å². The molecule has 0 aliphatic carbocycles. The van der Waals surface area contributed by atoms with Crippen molar-refractivity contribution < 1.29 is 4.79 Å². The molecule has 0 spiro atoms. The first-order valence-electron chi connectivity index (χ1n) is 7.91. The van der Waals surface area contributed by atoms with Crippen LogP contribution < -0.4 is 21.4 Å². The predicted octanol–water partition coefficient (Wildman–Crippen LogP) is 1.94. The summed E-state index contributed by atoms with van der Waals surface area (Å²) < 4.78 is 1.49. The Kier molecular flexibility index (Phi) is 4.39. The number of H-pyrrole nitrogens is 1. The van der Waals surface area contributed by atoms with E-state index in [0.29, 0.717) is 16.1 Å². The van der Waals surface area contributed by atoms with E-state index in [2.05, 4.69) is 17.0 Å². The third kappa shape index (κ3) is 3.30. The molecule has 126 valence electrons. The van der Waals surface area contributed by atoms with Crippen LogP contribution in [0.4, 0.5) is 5.69 Å². The van der Waals surface area contributed by atoms with Crippen molar-refractivity contribution in [2.75, 3.05) is 5.32 Å². The standard InChI is InChI=1S/C20H19N3O2/c1-13-6-4-5-7-19(13)23-20(25)18(14(2)22-23)12-21-17-10-8-16(9-11-17)15(3)24/h4-12,21-22H,2H2,1,3H3. The highest BCUT2D eigenvalue weighted by Gasteiger charge is 2.06. The minimum atomic E-state index is -0.174. The maximum Gasteiger partial charge on any atom is 0.280 e. The summed E-state index contributed by atoms with van der Waals surface area (Å²) in [6.45, 7) is 7.39. The molecule has 0 aliphatic rings. The highest BCUT2D eigenvalue weighted by atomic mass is 16.1. The quantitative estimate of drug-likeness (QED) is 0.717. The van der Waals surface area contributed by atoms with Crippen LogP contribution in [0, 0.1) is 6.92 Å². The molecule has 3 rings (SSSR count).